The summed E-state index contributed by atoms with van der Waals surface area (Å²) in [4.78, 5) is 10.6. The van der Waals surface area contributed by atoms with Crippen LogP contribution in [0.15, 0.2) is 12.1 Å². The maximum atomic E-state index is 10.6. The normalized spacial score (nSPS) is 10.1. The predicted molar refractivity (Wildman–Crippen MR) is 59.5 cm³/mol. The van der Waals surface area contributed by atoms with Gasteiger partial charge in [-0.2, -0.15) is 0 Å². The average molecular weight is 183 g/mol. The second-order valence-electron chi connectivity index (χ2n) is 3.38. The predicted octanol–water partition coefficient (Wildman–Crippen LogP) is -0.999. The Hall–Kier alpha value is -1.18. The van der Waals surface area contributed by atoms with Crippen LogP contribution < -0.4 is 16.7 Å². The van der Waals surface area contributed by atoms with Gasteiger partial charge in [-0.3, -0.25) is 4.79 Å². The molecule has 0 spiro atoms. The molecule has 68 valence electrons. The first-order chi connectivity index (χ1) is 6.50. The van der Waals surface area contributed by atoms with Crippen LogP contribution in [0.4, 0.5) is 0 Å². The van der Waals surface area contributed by atoms with Gasteiger partial charge in [-0.05, 0) is 13.3 Å². The third-order valence-corrected chi connectivity index (χ3v) is 2.14. The van der Waals surface area contributed by atoms with Crippen LogP contribution in [0.1, 0.15) is 17.5 Å². The van der Waals surface area contributed by atoms with Gasteiger partial charge < -0.3 is 5.73 Å². The summed E-state index contributed by atoms with van der Waals surface area (Å²) < 4.78 is 0. The Bertz CT molecular complexity index is 363. The van der Waals surface area contributed by atoms with Crippen LogP contribution in [0, 0.1) is 6.92 Å². The van der Waals surface area contributed by atoms with Gasteiger partial charge in [0.25, 0.3) is 0 Å². The van der Waals surface area contributed by atoms with Crippen molar-refractivity contribution in [2.24, 2.45) is 5.73 Å². The van der Waals surface area contributed by atoms with E-state index in [4.69, 9.17) is 21.4 Å². The zero-order chi connectivity index (χ0) is 10.7. The minimum absolute atomic E-state index is 0.299. The number of hydrogen-bond donors (Lipinski definition) is 1. The molecule has 0 unspecified atom stereocenters. The first-order valence-electron chi connectivity index (χ1n) is 4.43. The number of benzene rings is 1. The Morgan fingerprint density at radius 1 is 1.43 bits per heavy atom. The Morgan fingerprint density at radius 3 is 2.64 bits per heavy atom. The van der Waals surface area contributed by atoms with E-state index in [1.165, 1.54) is 0 Å². The summed E-state index contributed by atoms with van der Waals surface area (Å²) in [6.45, 7) is 1.89. The van der Waals surface area contributed by atoms with Gasteiger partial charge in [-0.25, -0.2) is 0 Å². The topological polar surface area (TPSA) is 43.1 Å². The van der Waals surface area contributed by atoms with Gasteiger partial charge in [0.05, 0.1) is 0 Å². The molecule has 0 aliphatic heterocycles. The monoisotopic (exact) mass is 183 g/mol. The lowest BCUT2D eigenvalue weighted by atomic mass is 9.80. The molecule has 2 nitrogen and oxygen atoms in total. The number of primary amides is 1. The smallest absolute Gasteiger partial charge is 0.217 e. The van der Waals surface area contributed by atoms with Crippen molar-refractivity contribution in [1.82, 2.24) is 0 Å². The van der Waals surface area contributed by atoms with Gasteiger partial charge in [-0.1, -0.05) is 34.2 Å². The molecule has 0 heterocycles. The minimum atomic E-state index is -0.329. The molecular weight excluding hydrogens is 172 g/mol. The van der Waals surface area contributed by atoms with Crippen molar-refractivity contribution in [2.45, 2.75) is 19.8 Å². The molecule has 1 amide bonds. The molecule has 0 atom stereocenters. The van der Waals surface area contributed by atoms with Crippen molar-refractivity contribution in [3.05, 3.63) is 23.3 Å². The van der Waals surface area contributed by atoms with Gasteiger partial charge >= 0.3 is 0 Å². The molecule has 0 bridgehead atoms. The molecule has 4 radical (unpaired) electrons. The van der Waals surface area contributed by atoms with Crippen molar-refractivity contribution < 1.29 is 4.79 Å². The van der Waals surface area contributed by atoms with Crippen LogP contribution in [0.2, 0.25) is 0 Å². The number of carbonyl (C=O) groups is 1. The number of hydrogen-bond acceptors (Lipinski definition) is 1. The van der Waals surface area contributed by atoms with Crippen LogP contribution in [0.25, 0.3) is 0 Å². The molecule has 14 heavy (non-hydrogen) atoms. The van der Waals surface area contributed by atoms with Crippen LogP contribution in [-0.2, 0) is 11.2 Å². The molecule has 1 rings (SSSR count). The first kappa shape index (κ1) is 10.9. The Balaban J connectivity index is 2.90. The molecule has 0 saturated heterocycles. The standard InChI is InChI=1S/C10H11B2NO/c1-6-4-8(11)5-7(10(6)12)2-3-9(13)14/h4-5H,2-3H2,1H3,(H2,13,14). The summed E-state index contributed by atoms with van der Waals surface area (Å²) in [6.07, 6.45) is 0.847. The highest BCUT2D eigenvalue weighted by molar-refractivity contribution is 6.37. The fraction of sp³-hybridized carbons (Fsp3) is 0.300. The molecule has 1 aromatic rings. The molecule has 1 aromatic carbocycles. The summed E-state index contributed by atoms with van der Waals surface area (Å²) >= 11 is 0. The van der Waals surface area contributed by atoms with E-state index in [2.05, 4.69) is 0 Å². The van der Waals surface area contributed by atoms with Crippen molar-refractivity contribution in [2.75, 3.05) is 0 Å². The van der Waals surface area contributed by atoms with E-state index < -0.39 is 0 Å². The van der Waals surface area contributed by atoms with Gasteiger partial charge in [0.2, 0.25) is 5.91 Å². The molecular formula is C10H11B2NO. The number of nitrogens with two attached hydrogens (primary N) is 1. The lowest BCUT2D eigenvalue weighted by molar-refractivity contribution is -0.117. The van der Waals surface area contributed by atoms with E-state index in [1.54, 1.807) is 6.07 Å². The summed E-state index contributed by atoms with van der Waals surface area (Å²) in [5, 5.41) is 0. The maximum absolute atomic E-state index is 10.6. The quantitative estimate of drug-likeness (QED) is 0.600. The van der Waals surface area contributed by atoms with E-state index in [-0.39, 0.29) is 5.91 Å². The summed E-state index contributed by atoms with van der Waals surface area (Å²) in [7, 11) is 11.5. The van der Waals surface area contributed by atoms with E-state index in [1.807, 2.05) is 13.0 Å². The van der Waals surface area contributed by atoms with E-state index >= 15 is 0 Å². The van der Waals surface area contributed by atoms with Crippen molar-refractivity contribution in [3.63, 3.8) is 0 Å². The van der Waals surface area contributed by atoms with Crippen LogP contribution in [0.3, 0.4) is 0 Å². The van der Waals surface area contributed by atoms with E-state index in [9.17, 15) is 4.79 Å². The van der Waals surface area contributed by atoms with E-state index in [0.29, 0.717) is 23.8 Å². The second kappa shape index (κ2) is 4.36. The zero-order valence-corrected chi connectivity index (χ0v) is 8.21. The lowest BCUT2D eigenvalue weighted by Gasteiger charge is -2.10. The third kappa shape index (κ3) is 2.66. The second-order valence-corrected chi connectivity index (χ2v) is 3.38. The fourth-order valence-electron chi connectivity index (χ4n) is 1.37. The average Bonchev–Trinajstić information content (AvgIpc) is 2.08. The van der Waals surface area contributed by atoms with Crippen molar-refractivity contribution >= 4 is 32.5 Å². The van der Waals surface area contributed by atoms with Gasteiger partial charge in [0, 0.05) is 6.42 Å². The van der Waals surface area contributed by atoms with Crippen LogP contribution in [0.5, 0.6) is 0 Å². The molecule has 0 aliphatic carbocycles. The Morgan fingerprint density at radius 2 is 2.07 bits per heavy atom. The summed E-state index contributed by atoms with van der Waals surface area (Å²) in [6, 6.07) is 3.59. The van der Waals surface area contributed by atoms with Gasteiger partial charge in [-0.15, -0.1) is 0 Å². The molecule has 2 N–H and O–H groups in total. The molecule has 0 aromatic heterocycles. The lowest BCUT2D eigenvalue weighted by Crippen LogP contribution is -2.22. The highest BCUT2D eigenvalue weighted by Crippen LogP contribution is 2.00. The number of carbonyl (C=O) groups excluding carboxylic acids is 1. The van der Waals surface area contributed by atoms with Crippen LogP contribution >= 0.6 is 0 Å². The minimum Gasteiger partial charge on any atom is -0.370 e. The Labute approximate surface area is 86.7 Å². The number of rotatable bonds is 3. The maximum Gasteiger partial charge on any atom is 0.217 e. The SMILES string of the molecule is [B]c1cc(C)c([B])c(CCC(N)=O)c1. The van der Waals surface area contributed by atoms with Crippen LogP contribution in [-0.4, -0.2) is 21.6 Å². The molecule has 0 saturated carbocycles. The fourth-order valence-corrected chi connectivity index (χ4v) is 1.37. The molecule has 0 fully saturated rings. The number of amides is 1. The highest BCUT2D eigenvalue weighted by Gasteiger charge is 2.03. The van der Waals surface area contributed by atoms with E-state index in [0.717, 1.165) is 11.1 Å². The largest absolute Gasteiger partial charge is 0.370 e. The molecule has 4 heteroatoms. The summed E-state index contributed by atoms with van der Waals surface area (Å²) in [5.41, 5.74) is 8.24. The highest BCUT2D eigenvalue weighted by atomic mass is 16.1. The third-order valence-electron chi connectivity index (χ3n) is 2.14. The van der Waals surface area contributed by atoms with Gasteiger partial charge in [0.1, 0.15) is 15.7 Å². The molecule has 0 aliphatic rings. The summed E-state index contributed by atoms with van der Waals surface area (Å²) in [5.74, 6) is -0.329. The van der Waals surface area contributed by atoms with Crippen molar-refractivity contribution in [1.29, 1.82) is 0 Å². The van der Waals surface area contributed by atoms with Crippen molar-refractivity contribution in [3.8, 4) is 0 Å². The number of aryl methyl sites for hydroxylation is 2. The Kier molecular flexibility index (Phi) is 3.39. The zero-order valence-electron chi connectivity index (χ0n) is 8.21. The van der Waals surface area contributed by atoms with Gasteiger partial charge in [0.15, 0.2) is 0 Å². The first-order valence-corrected chi connectivity index (χ1v) is 4.43.